The van der Waals surface area contributed by atoms with E-state index in [1.165, 1.54) is 6.07 Å². The SMILES string of the molecule is Cc1ccccc1-c1nc(CCl)cc(=O)[nH]1. The van der Waals surface area contributed by atoms with Gasteiger partial charge in [-0.1, -0.05) is 24.3 Å². The molecular formula is C12H11ClN2O. The summed E-state index contributed by atoms with van der Waals surface area (Å²) in [5.74, 6) is 0.809. The third-order valence-corrected chi connectivity index (χ3v) is 2.61. The molecule has 0 saturated heterocycles. The van der Waals surface area contributed by atoms with Gasteiger partial charge in [0.15, 0.2) is 0 Å². The number of benzene rings is 1. The minimum Gasteiger partial charge on any atom is -0.307 e. The Labute approximate surface area is 98.1 Å². The molecule has 82 valence electrons. The lowest BCUT2D eigenvalue weighted by molar-refractivity contribution is 1.06. The van der Waals surface area contributed by atoms with Crippen LogP contribution >= 0.6 is 11.6 Å². The standard InChI is InChI=1S/C12H11ClN2O/c1-8-4-2-3-5-10(8)12-14-9(7-13)6-11(16)15-12/h2-6H,7H2,1H3,(H,14,15,16). The third-order valence-electron chi connectivity index (χ3n) is 2.33. The number of rotatable bonds is 2. The fourth-order valence-corrected chi connectivity index (χ4v) is 1.68. The molecule has 0 aliphatic carbocycles. The Hall–Kier alpha value is -1.61. The van der Waals surface area contributed by atoms with Crippen molar-refractivity contribution in [2.75, 3.05) is 0 Å². The highest BCUT2D eigenvalue weighted by molar-refractivity contribution is 6.16. The molecule has 0 amide bonds. The summed E-state index contributed by atoms with van der Waals surface area (Å²) in [6.45, 7) is 1.97. The van der Waals surface area contributed by atoms with Gasteiger partial charge in [-0.05, 0) is 12.5 Å². The number of H-pyrrole nitrogens is 1. The van der Waals surface area contributed by atoms with Crippen molar-refractivity contribution in [2.45, 2.75) is 12.8 Å². The first-order chi connectivity index (χ1) is 7.70. The van der Waals surface area contributed by atoms with E-state index in [0.29, 0.717) is 11.5 Å². The molecular weight excluding hydrogens is 224 g/mol. The summed E-state index contributed by atoms with van der Waals surface area (Å²) in [4.78, 5) is 18.4. The quantitative estimate of drug-likeness (QED) is 0.812. The van der Waals surface area contributed by atoms with Gasteiger partial charge in [-0.15, -0.1) is 11.6 Å². The number of nitrogens with zero attached hydrogens (tertiary/aromatic N) is 1. The van der Waals surface area contributed by atoms with Crippen molar-refractivity contribution in [1.29, 1.82) is 0 Å². The van der Waals surface area contributed by atoms with Gasteiger partial charge >= 0.3 is 0 Å². The zero-order valence-corrected chi connectivity index (χ0v) is 9.58. The van der Waals surface area contributed by atoms with Crippen molar-refractivity contribution >= 4 is 11.6 Å². The van der Waals surface area contributed by atoms with Crippen LogP contribution < -0.4 is 5.56 Å². The highest BCUT2D eigenvalue weighted by Gasteiger charge is 2.05. The highest BCUT2D eigenvalue weighted by atomic mass is 35.5. The molecule has 1 heterocycles. The molecule has 0 aliphatic rings. The topological polar surface area (TPSA) is 45.8 Å². The zero-order valence-electron chi connectivity index (χ0n) is 8.83. The number of halogens is 1. The molecule has 1 aromatic carbocycles. The number of nitrogens with one attached hydrogen (secondary N) is 1. The largest absolute Gasteiger partial charge is 0.307 e. The Kier molecular flexibility index (Phi) is 3.06. The van der Waals surface area contributed by atoms with Crippen LogP contribution in [0.15, 0.2) is 35.1 Å². The van der Waals surface area contributed by atoms with Crippen LogP contribution in [-0.4, -0.2) is 9.97 Å². The molecule has 2 aromatic rings. The summed E-state index contributed by atoms with van der Waals surface area (Å²) in [6, 6.07) is 9.17. The molecule has 4 heteroatoms. The van der Waals surface area contributed by atoms with Crippen LogP contribution in [0.4, 0.5) is 0 Å². The number of hydrogen-bond donors (Lipinski definition) is 1. The van der Waals surface area contributed by atoms with E-state index in [2.05, 4.69) is 9.97 Å². The van der Waals surface area contributed by atoms with Gasteiger partial charge in [-0.2, -0.15) is 0 Å². The predicted octanol–water partition coefficient (Wildman–Crippen LogP) is 2.48. The summed E-state index contributed by atoms with van der Waals surface area (Å²) in [7, 11) is 0. The minimum atomic E-state index is -0.177. The Morgan fingerprint density at radius 1 is 1.38 bits per heavy atom. The molecule has 1 aromatic heterocycles. The first-order valence-corrected chi connectivity index (χ1v) is 5.46. The average molecular weight is 235 g/mol. The maximum absolute atomic E-state index is 11.4. The van der Waals surface area contributed by atoms with E-state index in [4.69, 9.17) is 11.6 Å². The number of hydrogen-bond acceptors (Lipinski definition) is 2. The first-order valence-electron chi connectivity index (χ1n) is 4.93. The average Bonchev–Trinajstić information content (AvgIpc) is 2.28. The van der Waals surface area contributed by atoms with Gasteiger partial charge in [0.25, 0.3) is 5.56 Å². The number of aromatic nitrogens is 2. The smallest absolute Gasteiger partial charge is 0.251 e. The van der Waals surface area contributed by atoms with Crippen molar-refractivity contribution < 1.29 is 0 Å². The molecule has 0 saturated carbocycles. The molecule has 0 bridgehead atoms. The predicted molar refractivity (Wildman–Crippen MR) is 64.6 cm³/mol. The van der Waals surface area contributed by atoms with Crippen LogP contribution in [-0.2, 0) is 5.88 Å². The normalized spacial score (nSPS) is 10.4. The maximum atomic E-state index is 11.4. The minimum absolute atomic E-state index is 0.177. The lowest BCUT2D eigenvalue weighted by Crippen LogP contribution is -2.10. The molecule has 1 N–H and O–H groups in total. The summed E-state index contributed by atoms with van der Waals surface area (Å²) in [5.41, 5.74) is 2.40. The van der Waals surface area contributed by atoms with Crippen LogP contribution in [0.3, 0.4) is 0 Å². The fraction of sp³-hybridized carbons (Fsp3) is 0.167. The zero-order chi connectivity index (χ0) is 11.5. The van der Waals surface area contributed by atoms with Gasteiger partial charge in [0.1, 0.15) is 5.82 Å². The highest BCUT2D eigenvalue weighted by Crippen LogP contribution is 2.18. The summed E-state index contributed by atoms with van der Waals surface area (Å²) in [5, 5.41) is 0. The Bertz CT molecular complexity index is 563. The van der Waals surface area contributed by atoms with Crippen LogP contribution in [0, 0.1) is 6.92 Å². The second kappa shape index (κ2) is 4.49. The molecule has 0 radical (unpaired) electrons. The van der Waals surface area contributed by atoms with E-state index in [9.17, 15) is 4.79 Å². The molecule has 16 heavy (non-hydrogen) atoms. The van der Waals surface area contributed by atoms with Crippen LogP contribution in [0.2, 0.25) is 0 Å². The summed E-state index contributed by atoms with van der Waals surface area (Å²) in [6.07, 6.45) is 0. The lowest BCUT2D eigenvalue weighted by Gasteiger charge is -2.05. The van der Waals surface area contributed by atoms with Crippen molar-refractivity contribution in [2.24, 2.45) is 0 Å². The Balaban J connectivity index is 2.60. The number of aryl methyl sites for hydroxylation is 1. The van der Waals surface area contributed by atoms with Crippen LogP contribution in [0.5, 0.6) is 0 Å². The summed E-state index contributed by atoms with van der Waals surface area (Å²) >= 11 is 5.68. The van der Waals surface area contributed by atoms with Crippen molar-refractivity contribution in [1.82, 2.24) is 9.97 Å². The van der Waals surface area contributed by atoms with E-state index in [1.807, 2.05) is 31.2 Å². The van der Waals surface area contributed by atoms with E-state index < -0.39 is 0 Å². The van der Waals surface area contributed by atoms with E-state index in [0.717, 1.165) is 11.1 Å². The first kappa shape index (κ1) is 10.9. The molecule has 0 spiro atoms. The van der Waals surface area contributed by atoms with Gasteiger partial charge in [0.05, 0.1) is 11.6 Å². The lowest BCUT2D eigenvalue weighted by atomic mass is 10.1. The summed E-state index contributed by atoms with van der Waals surface area (Å²) < 4.78 is 0. The molecule has 0 fully saturated rings. The van der Waals surface area contributed by atoms with Crippen molar-refractivity contribution in [3.8, 4) is 11.4 Å². The van der Waals surface area contributed by atoms with Crippen LogP contribution in [0.25, 0.3) is 11.4 Å². The molecule has 3 nitrogen and oxygen atoms in total. The third kappa shape index (κ3) is 2.14. The van der Waals surface area contributed by atoms with Gasteiger partial charge in [-0.25, -0.2) is 4.98 Å². The molecule has 0 unspecified atom stereocenters. The molecule has 0 aliphatic heterocycles. The van der Waals surface area contributed by atoms with E-state index >= 15 is 0 Å². The Morgan fingerprint density at radius 3 is 2.81 bits per heavy atom. The van der Waals surface area contributed by atoms with E-state index in [-0.39, 0.29) is 11.4 Å². The molecule has 2 rings (SSSR count). The second-order valence-corrected chi connectivity index (χ2v) is 3.80. The van der Waals surface area contributed by atoms with Gasteiger partial charge in [-0.3, -0.25) is 4.79 Å². The maximum Gasteiger partial charge on any atom is 0.251 e. The number of alkyl halides is 1. The van der Waals surface area contributed by atoms with Gasteiger partial charge < -0.3 is 4.98 Å². The fourth-order valence-electron chi connectivity index (χ4n) is 1.54. The second-order valence-electron chi connectivity index (χ2n) is 3.53. The Morgan fingerprint density at radius 2 is 2.12 bits per heavy atom. The monoisotopic (exact) mass is 234 g/mol. The van der Waals surface area contributed by atoms with Gasteiger partial charge in [0.2, 0.25) is 0 Å². The molecule has 0 atom stereocenters. The van der Waals surface area contributed by atoms with Crippen molar-refractivity contribution in [3.05, 3.63) is 51.9 Å². The van der Waals surface area contributed by atoms with Crippen molar-refractivity contribution in [3.63, 3.8) is 0 Å². The van der Waals surface area contributed by atoms with E-state index in [1.54, 1.807) is 0 Å². The van der Waals surface area contributed by atoms with Crippen LogP contribution in [0.1, 0.15) is 11.3 Å². The number of aromatic amines is 1. The van der Waals surface area contributed by atoms with Gasteiger partial charge in [0, 0.05) is 11.6 Å².